The van der Waals surface area contributed by atoms with Crippen molar-refractivity contribution in [2.45, 2.75) is 6.54 Å². The predicted octanol–water partition coefficient (Wildman–Crippen LogP) is 0.904. The van der Waals surface area contributed by atoms with E-state index in [1.807, 2.05) is 11.6 Å². The van der Waals surface area contributed by atoms with Crippen molar-refractivity contribution in [3.63, 3.8) is 0 Å². The fourth-order valence-electron chi connectivity index (χ4n) is 1.79. The van der Waals surface area contributed by atoms with E-state index in [9.17, 15) is 0 Å². The van der Waals surface area contributed by atoms with E-state index in [2.05, 4.69) is 36.0 Å². The number of aromatic nitrogens is 6. The molecule has 1 aromatic rings. The molecule has 18 heavy (non-hydrogen) atoms. The maximum atomic E-state index is 5.75. The summed E-state index contributed by atoms with van der Waals surface area (Å²) in [6.45, 7) is 0.597. The van der Waals surface area contributed by atoms with Crippen LogP contribution in [0, 0.1) is 0 Å². The standard InChI is InChI=1S/C10H10BrN7/c1-17-7(6(11)2-16-17)3-18-5-15-9(12)8-10(18)14-4-13-8/h2,4-5H,3,12H2,1H3. The van der Waals surface area contributed by atoms with Crippen molar-refractivity contribution in [1.82, 2.24) is 29.3 Å². The van der Waals surface area contributed by atoms with Gasteiger partial charge in [0.1, 0.15) is 12.0 Å². The van der Waals surface area contributed by atoms with E-state index >= 15 is 0 Å². The van der Waals surface area contributed by atoms with Crippen LogP contribution in [0.5, 0.6) is 0 Å². The molecular formula is C10H10BrN7. The lowest BCUT2D eigenvalue weighted by atomic mass is 10.3. The summed E-state index contributed by atoms with van der Waals surface area (Å²) < 4.78 is 4.64. The zero-order chi connectivity index (χ0) is 12.7. The molecule has 0 aromatic carbocycles. The Balaban J connectivity index is 2.06. The van der Waals surface area contributed by atoms with E-state index in [0.29, 0.717) is 18.1 Å². The van der Waals surface area contributed by atoms with Crippen LogP contribution in [0.2, 0.25) is 0 Å². The Morgan fingerprint density at radius 3 is 2.89 bits per heavy atom. The molecule has 2 aliphatic rings. The molecule has 8 heteroatoms. The minimum absolute atomic E-state index is 0.392. The van der Waals surface area contributed by atoms with Crippen molar-refractivity contribution in [1.29, 1.82) is 0 Å². The molecule has 3 rings (SSSR count). The highest BCUT2D eigenvalue weighted by atomic mass is 79.9. The number of halogens is 1. The first kappa shape index (κ1) is 11.1. The molecule has 0 amide bonds. The van der Waals surface area contributed by atoms with Crippen molar-refractivity contribution in [2.75, 3.05) is 5.73 Å². The van der Waals surface area contributed by atoms with Gasteiger partial charge in [0.05, 0.1) is 29.2 Å². The molecule has 0 bridgehead atoms. The number of fused-ring (bicyclic) bond motifs is 1. The Bertz CT molecular complexity index is 651. The first-order valence-corrected chi connectivity index (χ1v) is 6.04. The summed E-state index contributed by atoms with van der Waals surface area (Å²) in [5.74, 6) is 1.11. The molecule has 1 aromatic heterocycles. The van der Waals surface area contributed by atoms with Crippen LogP contribution in [-0.4, -0.2) is 29.3 Å². The maximum Gasteiger partial charge on any atom is 0.165 e. The van der Waals surface area contributed by atoms with Gasteiger partial charge in [0, 0.05) is 7.05 Å². The summed E-state index contributed by atoms with van der Waals surface area (Å²) in [4.78, 5) is 12.4. The van der Waals surface area contributed by atoms with Crippen molar-refractivity contribution in [2.24, 2.45) is 7.05 Å². The number of rotatable bonds is 2. The summed E-state index contributed by atoms with van der Waals surface area (Å²) in [7, 11) is 1.89. The van der Waals surface area contributed by atoms with Crippen LogP contribution >= 0.6 is 15.9 Å². The van der Waals surface area contributed by atoms with Crippen molar-refractivity contribution >= 4 is 21.7 Å². The maximum absolute atomic E-state index is 5.75. The van der Waals surface area contributed by atoms with Gasteiger partial charge in [-0.2, -0.15) is 5.10 Å². The van der Waals surface area contributed by atoms with Crippen LogP contribution < -0.4 is 5.73 Å². The molecule has 2 aliphatic heterocycles. The second-order valence-electron chi connectivity index (χ2n) is 3.87. The van der Waals surface area contributed by atoms with Gasteiger partial charge in [-0.1, -0.05) is 0 Å². The highest BCUT2D eigenvalue weighted by Crippen LogP contribution is 2.23. The predicted molar refractivity (Wildman–Crippen MR) is 68.9 cm³/mol. The second-order valence-corrected chi connectivity index (χ2v) is 4.72. The third-order valence-electron chi connectivity index (χ3n) is 2.76. The first-order valence-electron chi connectivity index (χ1n) is 5.24. The number of anilines is 1. The highest BCUT2D eigenvalue weighted by Gasteiger charge is 2.16. The third kappa shape index (κ3) is 1.65. The normalized spacial score (nSPS) is 11.2. The SMILES string of the molecule is Cn1ncc(Br)c1Cn1cnc(N)c2ncnc1-2. The number of hydrogen-bond acceptors (Lipinski definition) is 5. The van der Waals surface area contributed by atoms with Crippen LogP contribution in [0.4, 0.5) is 5.82 Å². The number of hydrogen-bond donors (Lipinski definition) is 1. The smallest absolute Gasteiger partial charge is 0.165 e. The minimum atomic E-state index is 0.392. The number of nitrogens with zero attached hydrogens (tertiary/aromatic N) is 6. The monoisotopic (exact) mass is 307 g/mol. The van der Waals surface area contributed by atoms with Crippen molar-refractivity contribution < 1.29 is 0 Å². The molecule has 0 saturated carbocycles. The Hall–Kier alpha value is -1.96. The molecule has 7 nitrogen and oxygen atoms in total. The lowest BCUT2D eigenvalue weighted by molar-refractivity contribution is 0.655. The number of aryl methyl sites for hydroxylation is 1. The minimum Gasteiger partial charge on any atom is -0.382 e. The summed E-state index contributed by atoms with van der Waals surface area (Å²) in [5, 5.41) is 4.17. The van der Waals surface area contributed by atoms with Gasteiger partial charge in [-0.15, -0.1) is 0 Å². The average Bonchev–Trinajstić information content (AvgIpc) is 2.94. The van der Waals surface area contributed by atoms with Gasteiger partial charge in [0.2, 0.25) is 0 Å². The molecule has 2 N–H and O–H groups in total. The average molecular weight is 308 g/mol. The largest absolute Gasteiger partial charge is 0.382 e. The zero-order valence-corrected chi connectivity index (χ0v) is 11.2. The number of imidazole rings is 1. The number of nitrogen functional groups attached to an aromatic ring is 1. The summed E-state index contributed by atoms with van der Waals surface area (Å²) >= 11 is 3.47. The molecule has 0 saturated heterocycles. The van der Waals surface area contributed by atoms with Gasteiger partial charge in [0.25, 0.3) is 0 Å². The molecular weight excluding hydrogens is 298 g/mol. The van der Waals surface area contributed by atoms with Crippen LogP contribution in [0.15, 0.2) is 23.3 Å². The quantitative estimate of drug-likeness (QED) is 0.760. The Kier molecular flexibility index (Phi) is 2.51. The van der Waals surface area contributed by atoms with E-state index in [4.69, 9.17) is 5.73 Å². The van der Waals surface area contributed by atoms with Crippen LogP contribution in [-0.2, 0) is 13.6 Å². The molecule has 0 atom stereocenters. The van der Waals surface area contributed by atoms with E-state index < -0.39 is 0 Å². The Morgan fingerprint density at radius 1 is 1.33 bits per heavy atom. The lowest BCUT2D eigenvalue weighted by Gasteiger charge is -2.11. The molecule has 0 fully saturated rings. The van der Waals surface area contributed by atoms with Gasteiger partial charge in [-0.25, -0.2) is 15.0 Å². The molecule has 0 unspecified atom stereocenters. The van der Waals surface area contributed by atoms with Crippen LogP contribution in [0.1, 0.15) is 5.69 Å². The summed E-state index contributed by atoms with van der Waals surface area (Å²) in [6, 6.07) is 0. The van der Waals surface area contributed by atoms with Crippen LogP contribution in [0.25, 0.3) is 11.5 Å². The van der Waals surface area contributed by atoms with E-state index in [1.165, 1.54) is 6.33 Å². The van der Waals surface area contributed by atoms with Crippen molar-refractivity contribution in [3.8, 4) is 11.5 Å². The van der Waals surface area contributed by atoms with E-state index in [1.54, 1.807) is 17.2 Å². The fourth-order valence-corrected chi connectivity index (χ4v) is 2.26. The Morgan fingerprint density at radius 2 is 2.17 bits per heavy atom. The van der Waals surface area contributed by atoms with Crippen molar-refractivity contribution in [3.05, 3.63) is 29.0 Å². The van der Waals surface area contributed by atoms with Gasteiger partial charge in [0.15, 0.2) is 11.6 Å². The van der Waals surface area contributed by atoms with Gasteiger partial charge in [-0.3, -0.25) is 4.68 Å². The van der Waals surface area contributed by atoms with E-state index in [0.717, 1.165) is 16.0 Å². The molecule has 0 radical (unpaired) electrons. The van der Waals surface area contributed by atoms with Gasteiger partial charge >= 0.3 is 0 Å². The first-order chi connectivity index (χ1) is 8.66. The van der Waals surface area contributed by atoms with Gasteiger partial charge < -0.3 is 10.3 Å². The summed E-state index contributed by atoms with van der Waals surface area (Å²) in [6.07, 6.45) is 4.90. The van der Waals surface area contributed by atoms with Gasteiger partial charge in [-0.05, 0) is 15.9 Å². The molecule has 0 aliphatic carbocycles. The molecule has 3 heterocycles. The molecule has 92 valence electrons. The molecule has 0 spiro atoms. The third-order valence-corrected chi connectivity index (χ3v) is 3.42. The van der Waals surface area contributed by atoms with Crippen LogP contribution in [0.3, 0.4) is 0 Å². The second kappa shape index (κ2) is 4.05. The highest BCUT2D eigenvalue weighted by molar-refractivity contribution is 9.10. The zero-order valence-electron chi connectivity index (χ0n) is 9.58. The Labute approximate surface area is 111 Å². The van der Waals surface area contributed by atoms with E-state index in [-0.39, 0.29) is 0 Å². The number of nitrogens with two attached hydrogens (primary N) is 1. The summed E-state index contributed by atoms with van der Waals surface area (Å²) in [5.41, 5.74) is 7.39. The fraction of sp³-hybridized carbons (Fsp3) is 0.200. The lowest BCUT2D eigenvalue weighted by Crippen LogP contribution is -2.12. The topological polar surface area (TPSA) is 87.4 Å².